The lowest BCUT2D eigenvalue weighted by atomic mass is 9.96. The molecule has 1 aromatic rings. The molecule has 0 amide bonds. The summed E-state index contributed by atoms with van der Waals surface area (Å²) in [5.74, 6) is 0.692. The first-order valence-electron chi connectivity index (χ1n) is 7.46. The van der Waals surface area contributed by atoms with E-state index < -0.39 is 0 Å². The highest BCUT2D eigenvalue weighted by molar-refractivity contribution is 7.99. The number of nitrogens with zero attached hydrogens (tertiary/aromatic N) is 4. The lowest BCUT2D eigenvalue weighted by molar-refractivity contribution is 0.169. The maximum atomic E-state index is 8.99. The molecule has 2 rings (SSSR count). The average molecular weight is 298 g/mol. The zero-order valence-electron chi connectivity index (χ0n) is 12.5. The number of hydrogen-bond acceptors (Lipinski definition) is 5. The van der Waals surface area contributed by atoms with Gasteiger partial charge in [-0.3, -0.25) is 4.68 Å². The molecule has 1 atom stereocenters. The molecule has 1 aromatic heterocycles. The predicted molar refractivity (Wildman–Crippen MR) is 82.7 cm³/mol. The van der Waals surface area contributed by atoms with Gasteiger partial charge in [0, 0.05) is 11.8 Å². The Morgan fingerprint density at radius 2 is 2.20 bits per heavy atom. The summed E-state index contributed by atoms with van der Waals surface area (Å²) in [6.45, 7) is 6.85. The molecule has 1 fully saturated rings. The number of piperidine rings is 1. The first-order chi connectivity index (χ1) is 9.71. The Morgan fingerprint density at radius 3 is 2.80 bits per heavy atom. The van der Waals surface area contributed by atoms with Crippen LogP contribution in [0.25, 0.3) is 0 Å². The third-order valence-corrected chi connectivity index (χ3v) is 5.20. The van der Waals surface area contributed by atoms with Crippen molar-refractivity contribution in [2.24, 2.45) is 5.92 Å². The van der Waals surface area contributed by atoms with Crippen LogP contribution in [0.3, 0.4) is 0 Å². The molecule has 114 valence electrons. The van der Waals surface area contributed by atoms with Crippen LogP contribution in [0.4, 0.5) is 0 Å². The van der Waals surface area contributed by atoms with Crippen LogP contribution < -0.4 is 0 Å². The number of aromatic nitrogens is 3. The second kappa shape index (κ2) is 8.00. The zero-order valence-corrected chi connectivity index (χ0v) is 13.3. The molecule has 1 aliphatic rings. The van der Waals surface area contributed by atoms with Gasteiger partial charge in [-0.1, -0.05) is 12.1 Å². The molecule has 0 radical (unpaired) electrons. The van der Waals surface area contributed by atoms with E-state index in [2.05, 4.69) is 28.4 Å². The van der Waals surface area contributed by atoms with Crippen LogP contribution in [-0.4, -0.2) is 56.1 Å². The van der Waals surface area contributed by atoms with Crippen molar-refractivity contribution in [3.63, 3.8) is 0 Å². The molecular formula is C14H26N4OS. The van der Waals surface area contributed by atoms with E-state index in [1.807, 2.05) is 22.6 Å². The van der Waals surface area contributed by atoms with E-state index >= 15 is 0 Å². The lowest BCUT2D eigenvalue weighted by Gasteiger charge is -2.32. The van der Waals surface area contributed by atoms with E-state index in [0.29, 0.717) is 11.6 Å². The smallest absolute Gasteiger partial charge is 0.108 e. The highest BCUT2D eigenvalue weighted by Crippen LogP contribution is 2.20. The number of aliphatic hydroxyl groups excluding tert-OH is 1. The lowest BCUT2D eigenvalue weighted by Crippen LogP contribution is -2.36. The van der Waals surface area contributed by atoms with E-state index in [4.69, 9.17) is 5.11 Å². The van der Waals surface area contributed by atoms with Gasteiger partial charge in [-0.25, -0.2) is 0 Å². The molecule has 1 aliphatic heterocycles. The number of thioether (sulfide) groups is 1. The highest BCUT2D eigenvalue weighted by atomic mass is 32.2. The van der Waals surface area contributed by atoms with Crippen LogP contribution in [-0.2, 0) is 13.2 Å². The van der Waals surface area contributed by atoms with Crippen molar-refractivity contribution in [3.8, 4) is 0 Å². The quantitative estimate of drug-likeness (QED) is 0.829. The zero-order chi connectivity index (χ0) is 14.4. The molecule has 20 heavy (non-hydrogen) atoms. The topological polar surface area (TPSA) is 54.2 Å². The van der Waals surface area contributed by atoms with E-state index in [-0.39, 0.29) is 6.61 Å². The SMILES string of the molecule is CSC(C)CCN1CCC(Cn2cc(CO)nn2)CC1. The molecule has 0 saturated carbocycles. The summed E-state index contributed by atoms with van der Waals surface area (Å²) < 4.78 is 1.88. The van der Waals surface area contributed by atoms with Gasteiger partial charge in [0.1, 0.15) is 5.69 Å². The van der Waals surface area contributed by atoms with Gasteiger partial charge in [0.2, 0.25) is 0 Å². The van der Waals surface area contributed by atoms with E-state index in [1.165, 1.54) is 38.9 Å². The predicted octanol–water partition coefficient (Wildman–Crippen LogP) is 1.62. The van der Waals surface area contributed by atoms with Gasteiger partial charge >= 0.3 is 0 Å². The van der Waals surface area contributed by atoms with Crippen LogP contribution in [0, 0.1) is 5.92 Å². The molecule has 0 bridgehead atoms. The van der Waals surface area contributed by atoms with Gasteiger partial charge in [0.05, 0.1) is 12.8 Å². The Hall–Kier alpha value is -0.590. The number of hydrogen-bond donors (Lipinski definition) is 1. The maximum Gasteiger partial charge on any atom is 0.108 e. The summed E-state index contributed by atoms with van der Waals surface area (Å²) >= 11 is 1.95. The molecule has 1 unspecified atom stereocenters. The Balaban J connectivity index is 1.68. The summed E-state index contributed by atoms with van der Waals surface area (Å²) in [6, 6.07) is 0. The van der Waals surface area contributed by atoms with Gasteiger partial charge in [0.15, 0.2) is 0 Å². The van der Waals surface area contributed by atoms with Crippen LogP contribution in [0.2, 0.25) is 0 Å². The molecule has 5 nitrogen and oxygen atoms in total. The molecular weight excluding hydrogens is 272 g/mol. The van der Waals surface area contributed by atoms with Gasteiger partial charge in [-0.15, -0.1) is 5.10 Å². The van der Waals surface area contributed by atoms with Crippen molar-refractivity contribution in [1.29, 1.82) is 0 Å². The Labute approximate surface area is 125 Å². The van der Waals surface area contributed by atoms with Gasteiger partial charge < -0.3 is 10.0 Å². The van der Waals surface area contributed by atoms with E-state index in [1.54, 1.807) is 0 Å². The van der Waals surface area contributed by atoms with Gasteiger partial charge in [-0.05, 0) is 51.1 Å². The monoisotopic (exact) mass is 298 g/mol. The minimum Gasteiger partial charge on any atom is -0.390 e. The Kier molecular flexibility index (Phi) is 6.32. The minimum absolute atomic E-state index is 0.0218. The van der Waals surface area contributed by atoms with Crippen LogP contribution in [0.15, 0.2) is 6.20 Å². The second-order valence-electron chi connectivity index (χ2n) is 5.71. The molecule has 0 aliphatic carbocycles. The number of aliphatic hydroxyl groups is 1. The Bertz CT molecular complexity index is 390. The van der Waals surface area contributed by atoms with Crippen LogP contribution >= 0.6 is 11.8 Å². The van der Waals surface area contributed by atoms with Crippen molar-refractivity contribution in [3.05, 3.63) is 11.9 Å². The summed E-state index contributed by atoms with van der Waals surface area (Å²) in [5, 5.41) is 17.7. The first kappa shape index (κ1) is 15.8. The standard InChI is InChI=1S/C14H26N4OS/c1-12(20-2)3-6-17-7-4-13(5-8-17)9-18-10-14(11-19)15-16-18/h10,12-13,19H,3-9,11H2,1-2H3. The van der Waals surface area contributed by atoms with Crippen LogP contribution in [0.5, 0.6) is 0 Å². The molecule has 1 N–H and O–H groups in total. The number of rotatable bonds is 7. The van der Waals surface area contributed by atoms with Crippen molar-refractivity contribution in [1.82, 2.24) is 19.9 Å². The van der Waals surface area contributed by atoms with Crippen molar-refractivity contribution < 1.29 is 5.11 Å². The fraction of sp³-hybridized carbons (Fsp3) is 0.857. The maximum absolute atomic E-state index is 8.99. The van der Waals surface area contributed by atoms with Crippen molar-refractivity contribution >= 4 is 11.8 Å². The second-order valence-corrected chi connectivity index (χ2v) is 6.99. The molecule has 1 saturated heterocycles. The van der Waals surface area contributed by atoms with E-state index in [0.717, 1.165) is 11.8 Å². The normalized spacial score (nSPS) is 19.4. The van der Waals surface area contributed by atoms with Crippen LogP contribution in [0.1, 0.15) is 31.9 Å². The minimum atomic E-state index is -0.0218. The summed E-state index contributed by atoms with van der Waals surface area (Å²) in [4.78, 5) is 2.59. The molecule has 2 heterocycles. The molecule has 6 heteroatoms. The highest BCUT2D eigenvalue weighted by Gasteiger charge is 2.20. The van der Waals surface area contributed by atoms with Gasteiger partial charge in [-0.2, -0.15) is 11.8 Å². The fourth-order valence-electron chi connectivity index (χ4n) is 2.64. The third-order valence-electron chi connectivity index (χ3n) is 4.15. The molecule has 0 spiro atoms. The van der Waals surface area contributed by atoms with Crippen molar-refractivity contribution in [2.75, 3.05) is 25.9 Å². The largest absolute Gasteiger partial charge is 0.390 e. The first-order valence-corrected chi connectivity index (χ1v) is 8.75. The average Bonchev–Trinajstić information content (AvgIpc) is 2.94. The van der Waals surface area contributed by atoms with E-state index in [9.17, 15) is 0 Å². The summed E-state index contributed by atoms with van der Waals surface area (Å²) in [6.07, 6.45) is 7.81. The summed E-state index contributed by atoms with van der Waals surface area (Å²) in [5.41, 5.74) is 0.661. The third kappa shape index (κ3) is 4.75. The van der Waals surface area contributed by atoms with Crippen molar-refractivity contribution in [2.45, 2.75) is 44.6 Å². The van der Waals surface area contributed by atoms with Gasteiger partial charge in [0.25, 0.3) is 0 Å². The molecule has 0 aromatic carbocycles. The Morgan fingerprint density at radius 1 is 1.45 bits per heavy atom. The number of likely N-dealkylation sites (tertiary alicyclic amines) is 1. The summed E-state index contributed by atoms with van der Waals surface area (Å²) in [7, 11) is 0. The fourth-order valence-corrected chi connectivity index (χ4v) is 2.98.